The molecular weight excluding hydrogens is 270 g/mol. The summed E-state index contributed by atoms with van der Waals surface area (Å²) in [6, 6.07) is 0. The summed E-state index contributed by atoms with van der Waals surface area (Å²) in [5.74, 6) is -0.436. The number of carbonyl (C=O) groups excluding carboxylic acids is 1. The molecule has 0 saturated carbocycles. The fourth-order valence-corrected chi connectivity index (χ4v) is 1.70. The Hall–Kier alpha value is -1.14. The maximum absolute atomic E-state index is 11.7. The molecule has 1 heterocycles. The maximum atomic E-state index is 11.7. The van der Waals surface area contributed by atoms with Crippen molar-refractivity contribution < 1.29 is 14.6 Å². The van der Waals surface area contributed by atoms with Crippen LogP contribution in [0.1, 0.15) is 43.9 Å². The van der Waals surface area contributed by atoms with E-state index in [9.17, 15) is 9.90 Å². The van der Waals surface area contributed by atoms with Crippen LogP contribution in [0.25, 0.3) is 0 Å². The first-order valence-electron chi connectivity index (χ1n) is 6.21. The first kappa shape index (κ1) is 15.9. The molecule has 0 fully saturated rings. The monoisotopic (exact) mass is 289 g/mol. The van der Waals surface area contributed by atoms with Crippen molar-refractivity contribution in [2.75, 3.05) is 6.61 Å². The van der Waals surface area contributed by atoms with Gasteiger partial charge in [0.25, 0.3) is 0 Å². The number of hydrogen-bond acceptors (Lipinski definition) is 5. The van der Waals surface area contributed by atoms with Crippen LogP contribution in [0, 0.1) is 5.92 Å². The highest BCUT2D eigenvalue weighted by molar-refractivity contribution is 6.17. The zero-order valence-electron chi connectivity index (χ0n) is 11.7. The Morgan fingerprint density at radius 2 is 2.21 bits per heavy atom. The number of nitrogens with zero attached hydrogens (tertiary/aromatic N) is 3. The summed E-state index contributed by atoms with van der Waals surface area (Å²) in [6.45, 7) is 7.72. The predicted octanol–water partition coefficient (Wildman–Crippen LogP) is 1.60. The molecular formula is C12H20ClN3O3. The van der Waals surface area contributed by atoms with E-state index in [0.29, 0.717) is 5.69 Å². The molecule has 0 radical (unpaired) electrons. The average Bonchev–Trinajstić information content (AvgIpc) is 2.71. The lowest BCUT2D eigenvalue weighted by Crippen LogP contribution is -2.37. The molecule has 1 unspecified atom stereocenters. The van der Waals surface area contributed by atoms with Crippen LogP contribution in [-0.4, -0.2) is 38.3 Å². The van der Waals surface area contributed by atoms with E-state index in [-0.39, 0.29) is 30.6 Å². The molecule has 108 valence electrons. The van der Waals surface area contributed by atoms with Crippen LogP contribution >= 0.6 is 11.6 Å². The van der Waals surface area contributed by atoms with Gasteiger partial charge in [0.15, 0.2) is 5.69 Å². The number of aliphatic hydroxyl groups is 1. The van der Waals surface area contributed by atoms with Crippen LogP contribution in [0.5, 0.6) is 0 Å². The summed E-state index contributed by atoms with van der Waals surface area (Å²) in [6.07, 6.45) is 0. The molecule has 7 heteroatoms. The Morgan fingerprint density at radius 3 is 2.68 bits per heavy atom. The third-order valence-electron chi connectivity index (χ3n) is 3.15. The highest BCUT2D eigenvalue weighted by atomic mass is 35.5. The molecule has 0 aliphatic carbocycles. The van der Waals surface area contributed by atoms with Gasteiger partial charge in [-0.1, -0.05) is 19.1 Å². The van der Waals surface area contributed by atoms with Crippen molar-refractivity contribution in [3.8, 4) is 0 Å². The Kier molecular flexibility index (Phi) is 5.31. The van der Waals surface area contributed by atoms with Gasteiger partial charge in [0.05, 0.1) is 30.3 Å². The zero-order valence-corrected chi connectivity index (χ0v) is 12.4. The van der Waals surface area contributed by atoms with Gasteiger partial charge in [-0.25, -0.2) is 9.48 Å². The standard InChI is InChI=1S/C12H20ClN3O3/c1-5-19-11(17)10-9(6-13)16(15-14-10)7-12(4,18)8(2)3/h8,18H,5-7H2,1-4H3. The van der Waals surface area contributed by atoms with Gasteiger partial charge in [-0.2, -0.15) is 0 Å². The normalized spacial score (nSPS) is 14.5. The molecule has 0 aliphatic rings. The van der Waals surface area contributed by atoms with E-state index in [1.807, 2.05) is 13.8 Å². The van der Waals surface area contributed by atoms with Crippen molar-refractivity contribution in [2.24, 2.45) is 5.92 Å². The van der Waals surface area contributed by atoms with E-state index in [0.717, 1.165) is 0 Å². The second-order valence-corrected chi connectivity index (χ2v) is 5.18. The van der Waals surface area contributed by atoms with Crippen molar-refractivity contribution in [3.05, 3.63) is 11.4 Å². The molecule has 0 aromatic carbocycles. The Morgan fingerprint density at radius 1 is 1.58 bits per heavy atom. The van der Waals surface area contributed by atoms with E-state index < -0.39 is 11.6 Å². The molecule has 0 aliphatic heterocycles. The van der Waals surface area contributed by atoms with Crippen LogP contribution < -0.4 is 0 Å². The number of esters is 1. The molecule has 6 nitrogen and oxygen atoms in total. The number of alkyl halides is 1. The van der Waals surface area contributed by atoms with Gasteiger partial charge in [-0.05, 0) is 19.8 Å². The summed E-state index contributed by atoms with van der Waals surface area (Å²) in [7, 11) is 0. The van der Waals surface area contributed by atoms with E-state index in [1.54, 1.807) is 13.8 Å². The maximum Gasteiger partial charge on any atom is 0.360 e. The topological polar surface area (TPSA) is 77.2 Å². The second-order valence-electron chi connectivity index (χ2n) is 4.91. The Bertz CT molecular complexity index is 443. The molecule has 1 rings (SSSR count). The molecule has 1 atom stereocenters. The quantitative estimate of drug-likeness (QED) is 0.636. The van der Waals surface area contributed by atoms with Crippen LogP contribution in [0.15, 0.2) is 0 Å². The number of aromatic nitrogens is 3. The molecule has 19 heavy (non-hydrogen) atoms. The molecule has 1 N–H and O–H groups in total. The van der Waals surface area contributed by atoms with Gasteiger partial charge in [0.2, 0.25) is 0 Å². The minimum Gasteiger partial charge on any atom is -0.461 e. The summed E-state index contributed by atoms with van der Waals surface area (Å²) < 4.78 is 6.34. The van der Waals surface area contributed by atoms with Crippen molar-refractivity contribution in [2.45, 2.75) is 45.7 Å². The lowest BCUT2D eigenvalue weighted by Gasteiger charge is -2.27. The lowest BCUT2D eigenvalue weighted by atomic mass is 9.92. The average molecular weight is 290 g/mol. The molecule has 0 spiro atoms. The van der Waals surface area contributed by atoms with Crippen LogP contribution in [0.2, 0.25) is 0 Å². The molecule has 1 aromatic rings. The van der Waals surface area contributed by atoms with Crippen LogP contribution in [0.3, 0.4) is 0 Å². The van der Waals surface area contributed by atoms with E-state index in [2.05, 4.69) is 10.3 Å². The van der Waals surface area contributed by atoms with Gasteiger partial charge >= 0.3 is 5.97 Å². The van der Waals surface area contributed by atoms with Crippen LogP contribution in [-0.2, 0) is 17.2 Å². The smallest absolute Gasteiger partial charge is 0.360 e. The van der Waals surface area contributed by atoms with Crippen molar-refractivity contribution in [1.82, 2.24) is 15.0 Å². The molecule has 0 saturated heterocycles. The van der Waals surface area contributed by atoms with Crippen LogP contribution in [0.4, 0.5) is 0 Å². The highest BCUT2D eigenvalue weighted by Crippen LogP contribution is 2.20. The van der Waals surface area contributed by atoms with E-state index >= 15 is 0 Å². The molecule has 0 amide bonds. The van der Waals surface area contributed by atoms with Gasteiger partial charge in [-0.15, -0.1) is 16.7 Å². The fraction of sp³-hybridized carbons (Fsp3) is 0.750. The van der Waals surface area contributed by atoms with Crippen molar-refractivity contribution in [1.29, 1.82) is 0 Å². The second kappa shape index (κ2) is 6.34. The molecule has 1 aromatic heterocycles. The lowest BCUT2D eigenvalue weighted by molar-refractivity contribution is -0.00670. The van der Waals surface area contributed by atoms with Crippen molar-refractivity contribution >= 4 is 17.6 Å². The number of ether oxygens (including phenoxy) is 1. The number of rotatable bonds is 6. The van der Waals surface area contributed by atoms with Gasteiger partial charge in [0, 0.05) is 0 Å². The summed E-state index contributed by atoms with van der Waals surface area (Å²) in [5.41, 5.74) is -0.391. The first-order valence-corrected chi connectivity index (χ1v) is 6.74. The SMILES string of the molecule is CCOC(=O)c1nnn(CC(C)(O)C(C)C)c1CCl. The fourth-order valence-electron chi connectivity index (χ4n) is 1.44. The minimum absolute atomic E-state index is 0.0333. The minimum atomic E-state index is -0.958. The highest BCUT2D eigenvalue weighted by Gasteiger charge is 2.29. The summed E-state index contributed by atoms with van der Waals surface area (Å²) in [4.78, 5) is 11.7. The van der Waals surface area contributed by atoms with Gasteiger partial charge < -0.3 is 9.84 Å². The zero-order chi connectivity index (χ0) is 14.6. The van der Waals surface area contributed by atoms with Gasteiger partial charge in [-0.3, -0.25) is 0 Å². The first-order chi connectivity index (χ1) is 8.83. The van der Waals surface area contributed by atoms with E-state index in [4.69, 9.17) is 16.3 Å². The summed E-state index contributed by atoms with van der Waals surface area (Å²) >= 11 is 5.84. The largest absolute Gasteiger partial charge is 0.461 e. The number of halogens is 1. The Labute approximate surface area is 117 Å². The predicted molar refractivity (Wildman–Crippen MR) is 71.0 cm³/mol. The third kappa shape index (κ3) is 3.67. The number of hydrogen-bond donors (Lipinski definition) is 1. The van der Waals surface area contributed by atoms with Gasteiger partial charge in [0.1, 0.15) is 0 Å². The van der Waals surface area contributed by atoms with E-state index in [1.165, 1.54) is 4.68 Å². The Balaban J connectivity index is 3.01. The summed E-state index contributed by atoms with van der Waals surface area (Å²) in [5, 5.41) is 17.9. The molecule has 0 bridgehead atoms. The van der Waals surface area contributed by atoms with Crippen molar-refractivity contribution in [3.63, 3.8) is 0 Å². The number of carbonyl (C=O) groups is 1. The third-order valence-corrected chi connectivity index (χ3v) is 3.40.